The molecule has 2 fully saturated rings. The second-order valence-corrected chi connectivity index (χ2v) is 8.09. The minimum atomic E-state index is -0.584. The molecule has 2 rings (SSSR count). The number of hydrogen-bond donors (Lipinski definition) is 0. The van der Waals surface area contributed by atoms with Crippen LogP contribution < -0.4 is 0 Å². The lowest BCUT2D eigenvalue weighted by Crippen LogP contribution is -2.42. The number of hydrogen-bond acceptors (Lipinski definition) is 6. The zero-order valence-electron chi connectivity index (χ0n) is 17.0. The van der Waals surface area contributed by atoms with E-state index in [4.69, 9.17) is 14.2 Å². The van der Waals surface area contributed by atoms with Gasteiger partial charge >= 0.3 is 17.9 Å². The summed E-state index contributed by atoms with van der Waals surface area (Å²) in [4.78, 5) is 36.2. The average molecular weight is 392 g/mol. The SMILES string of the molecule is C=C(C)C(=O)OC1CCC(COC(=O)C2CCCCC2)CC1OC(=O)C(=C)C. The van der Waals surface area contributed by atoms with Gasteiger partial charge in [0.25, 0.3) is 0 Å². The third-order valence-electron chi connectivity index (χ3n) is 5.45. The standard InChI is InChI=1S/C22H32O6/c1-14(2)20(23)27-18-11-10-16(12-19(18)28-21(24)15(3)4)13-26-22(25)17-8-6-5-7-9-17/h16-19H,1,3,5-13H2,2,4H3. The normalized spacial score (nSPS) is 25.4. The first-order valence-electron chi connectivity index (χ1n) is 10.2. The van der Waals surface area contributed by atoms with Crippen LogP contribution in [0.25, 0.3) is 0 Å². The monoisotopic (exact) mass is 392 g/mol. The first-order chi connectivity index (χ1) is 13.3. The summed E-state index contributed by atoms with van der Waals surface area (Å²) in [6.07, 6.45) is 5.79. The maximum atomic E-state index is 12.3. The van der Waals surface area contributed by atoms with Crippen LogP contribution in [0.1, 0.15) is 65.2 Å². The molecule has 2 aliphatic rings. The predicted molar refractivity (Wildman–Crippen MR) is 104 cm³/mol. The second-order valence-electron chi connectivity index (χ2n) is 8.09. The molecule has 2 aliphatic carbocycles. The van der Waals surface area contributed by atoms with Crippen LogP contribution in [0.4, 0.5) is 0 Å². The smallest absolute Gasteiger partial charge is 0.333 e. The van der Waals surface area contributed by atoms with Crippen molar-refractivity contribution in [3.05, 3.63) is 24.3 Å². The van der Waals surface area contributed by atoms with Crippen LogP contribution in [0, 0.1) is 11.8 Å². The van der Waals surface area contributed by atoms with Gasteiger partial charge in [0.1, 0.15) is 12.2 Å². The molecule has 0 amide bonds. The number of esters is 3. The quantitative estimate of drug-likeness (QED) is 0.372. The van der Waals surface area contributed by atoms with Gasteiger partial charge in [-0.05, 0) is 51.9 Å². The Balaban J connectivity index is 1.92. The van der Waals surface area contributed by atoms with Crippen molar-refractivity contribution in [2.45, 2.75) is 77.4 Å². The first-order valence-corrected chi connectivity index (χ1v) is 10.2. The highest BCUT2D eigenvalue weighted by atomic mass is 16.6. The minimum Gasteiger partial charge on any atom is -0.465 e. The van der Waals surface area contributed by atoms with Gasteiger partial charge in [-0.2, -0.15) is 0 Å². The van der Waals surface area contributed by atoms with Crippen LogP contribution >= 0.6 is 0 Å². The third kappa shape index (κ3) is 6.50. The van der Waals surface area contributed by atoms with Gasteiger partial charge in [-0.15, -0.1) is 0 Å². The molecule has 2 saturated carbocycles. The molecule has 6 heteroatoms. The van der Waals surface area contributed by atoms with Gasteiger partial charge in [0.2, 0.25) is 0 Å². The van der Waals surface area contributed by atoms with Gasteiger partial charge in [-0.1, -0.05) is 32.4 Å². The third-order valence-corrected chi connectivity index (χ3v) is 5.45. The van der Waals surface area contributed by atoms with Crippen molar-refractivity contribution >= 4 is 17.9 Å². The van der Waals surface area contributed by atoms with Crippen molar-refractivity contribution in [3.8, 4) is 0 Å². The highest BCUT2D eigenvalue weighted by molar-refractivity contribution is 5.88. The minimum absolute atomic E-state index is 0.0126. The molecule has 0 heterocycles. The molecule has 3 atom stereocenters. The molecule has 0 aromatic rings. The largest absolute Gasteiger partial charge is 0.465 e. The molecular weight excluding hydrogens is 360 g/mol. The molecule has 0 spiro atoms. The Hall–Kier alpha value is -2.11. The molecular formula is C22H32O6. The number of carbonyl (C=O) groups is 3. The van der Waals surface area contributed by atoms with Gasteiger partial charge < -0.3 is 14.2 Å². The van der Waals surface area contributed by atoms with E-state index in [2.05, 4.69) is 13.2 Å². The fourth-order valence-corrected chi connectivity index (χ4v) is 3.73. The van der Waals surface area contributed by atoms with Gasteiger partial charge in [-0.3, -0.25) is 4.79 Å². The lowest BCUT2D eigenvalue weighted by molar-refractivity contribution is -0.170. The fourth-order valence-electron chi connectivity index (χ4n) is 3.73. The summed E-state index contributed by atoms with van der Waals surface area (Å²) < 4.78 is 16.5. The summed E-state index contributed by atoms with van der Waals surface area (Å²) in [6, 6.07) is 0. The van der Waals surface area contributed by atoms with E-state index < -0.39 is 24.1 Å². The Kier molecular flexibility index (Phi) is 8.27. The van der Waals surface area contributed by atoms with E-state index in [1.165, 1.54) is 6.42 Å². The number of ether oxygens (including phenoxy) is 3. The maximum Gasteiger partial charge on any atom is 0.333 e. The zero-order chi connectivity index (χ0) is 20.7. The van der Waals surface area contributed by atoms with Crippen LogP contribution in [-0.4, -0.2) is 36.7 Å². The van der Waals surface area contributed by atoms with Crippen molar-refractivity contribution in [2.24, 2.45) is 11.8 Å². The van der Waals surface area contributed by atoms with Gasteiger partial charge in [0.05, 0.1) is 12.5 Å². The molecule has 3 unspecified atom stereocenters. The van der Waals surface area contributed by atoms with Gasteiger partial charge in [0.15, 0.2) is 0 Å². The van der Waals surface area contributed by atoms with Crippen LogP contribution in [0.2, 0.25) is 0 Å². The molecule has 0 aromatic heterocycles. The summed E-state index contributed by atoms with van der Waals surface area (Å²) in [5.41, 5.74) is 0.587. The predicted octanol–water partition coefficient (Wildman–Crippen LogP) is 3.89. The van der Waals surface area contributed by atoms with Crippen LogP contribution in [0.5, 0.6) is 0 Å². The molecule has 0 N–H and O–H groups in total. The Labute approximate surface area is 167 Å². The molecule has 0 bridgehead atoms. The molecule has 6 nitrogen and oxygen atoms in total. The Morgan fingerprint density at radius 3 is 1.96 bits per heavy atom. The van der Waals surface area contributed by atoms with Crippen molar-refractivity contribution < 1.29 is 28.6 Å². The second kappa shape index (κ2) is 10.4. The van der Waals surface area contributed by atoms with Gasteiger partial charge in [-0.25, -0.2) is 9.59 Å². The molecule has 28 heavy (non-hydrogen) atoms. The van der Waals surface area contributed by atoms with E-state index in [0.717, 1.165) is 32.1 Å². The average Bonchev–Trinajstić information content (AvgIpc) is 2.68. The van der Waals surface area contributed by atoms with Crippen molar-refractivity contribution in [1.29, 1.82) is 0 Å². The van der Waals surface area contributed by atoms with Crippen LogP contribution in [0.15, 0.2) is 24.3 Å². The molecule has 0 aromatic carbocycles. The Morgan fingerprint density at radius 2 is 1.39 bits per heavy atom. The van der Waals surface area contributed by atoms with Crippen molar-refractivity contribution in [2.75, 3.05) is 6.61 Å². The van der Waals surface area contributed by atoms with E-state index >= 15 is 0 Å². The van der Waals surface area contributed by atoms with Crippen molar-refractivity contribution in [1.82, 2.24) is 0 Å². The molecule has 0 aliphatic heterocycles. The first kappa shape index (κ1) is 22.2. The van der Waals surface area contributed by atoms with Crippen molar-refractivity contribution in [3.63, 3.8) is 0 Å². The lowest BCUT2D eigenvalue weighted by Gasteiger charge is -2.35. The number of carbonyl (C=O) groups excluding carboxylic acids is 3. The van der Waals surface area contributed by atoms with Crippen LogP contribution in [0.3, 0.4) is 0 Å². The Bertz CT molecular complexity index is 617. The summed E-state index contributed by atoms with van der Waals surface area (Å²) in [5.74, 6) is -1.05. The summed E-state index contributed by atoms with van der Waals surface area (Å²) >= 11 is 0. The number of rotatable bonds is 7. The maximum absolute atomic E-state index is 12.3. The highest BCUT2D eigenvalue weighted by Crippen LogP contribution is 2.31. The van der Waals surface area contributed by atoms with E-state index in [0.29, 0.717) is 25.0 Å². The van der Waals surface area contributed by atoms with Crippen LogP contribution in [-0.2, 0) is 28.6 Å². The molecule has 0 radical (unpaired) electrons. The van der Waals surface area contributed by atoms with Gasteiger partial charge in [0, 0.05) is 11.1 Å². The lowest BCUT2D eigenvalue weighted by atomic mass is 9.85. The van der Waals surface area contributed by atoms with E-state index in [1.54, 1.807) is 13.8 Å². The highest BCUT2D eigenvalue weighted by Gasteiger charge is 2.37. The summed E-state index contributed by atoms with van der Waals surface area (Å²) in [7, 11) is 0. The van der Waals surface area contributed by atoms with E-state index in [9.17, 15) is 14.4 Å². The van der Waals surface area contributed by atoms with E-state index in [-0.39, 0.29) is 23.4 Å². The zero-order valence-corrected chi connectivity index (χ0v) is 17.0. The molecule has 156 valence electrons. The summed E-state index contributed by atoms with van der Waals surface area (Å²) in [5, 5.41) is 0. The Morgan fingerprint density at radius 1 is 0.821 bits per heavy atom. The summed E-state index contributed by atoms with van der Waals surface area (Å²) in [6.45, 7) is 10.6. The van der Waals surface area contributed by atoms with E-state index in [1.807, 2.05) is 0 Å². The fraction of sp³-hybridized carbons (Fsp3) is 0.682. The molecule has 0 saturated heterocycles. The topological polar surface area (TPSA) is 78.9 Å².